The van der Waals surface area contributed by atoms with Crippen LogP contribution in [0.5, 0.6) is 0 Å². The largest absolute Gasteiger partial charge is 0.355 e. The topological polar surface area (TPSA) is 82.2 Å². The summed E-state index contributed by atoms with van der Waals surface area (Å²) in [5.74, 6) is 0.928. The molecule has 0 radical (unpaired) electrons. The number of benzene rings is 1. The van der Waals surface area contributed by atoms with Crippen molar-refractivity contribution in [2.45, 2.75) is 0 Å². The van der Waals surface area contributed by atoms with Gasteiger partial charge in [-0.3, -0.25) is 5.10 Å². The number of pyridine rings is 1. The smallest absolute Gasteiger partial charge is 0.211 e. The Kier molecular flexibility index (Phi) is 3.20. The number of hydrogen-bond donors (Lipinski definition) is 1. The Bertz CT molecular complexity index is 1080. The normalized spacial score (nSPS) is 19.5. The molecule has 2 fully saturated rings. The van der Waals surface area contributed by atoms with Gasteiger partial charge in [0.1, 0.15) is 11.5 Å². The lowest BCUT2D eigenvalue weighted by molar-refractivity contribution is 0.0395. The molecule has 0 aliphatic carbocycles. The number of nitrogens with zero attached hydrogens (tertiary/aromatic N) is 4. The van der Waals surface area contributed by atoms with Crippen molar-refractivity contribution in [2.24, 2.45) is 5.41 Å². The van der Waals surface area contributed by atoms with Crippen molar-refractivity contribution < 1.29 is 8.42 Å². The van der Waals surface area contributed by atoms with Crippen molar-refractivity contribution in [3.8, 4) is 11.3 Å². The van der Waals surface area contributed by atoms with E-state index in [1.54, 1.807) is 4.31 Å². The van der Waals surface area contributed by atoms with Crippen LogP contribution in [-0.2, 0) is 10.0 Å². The Morgan fingerprint density at radius 2 is 1.85 bits per heavy atom. The van der Waals surface area contributed by atoms with Gasteiger partial charge in [0, 0.05) is 48.7 Å². The maximum Gasteiger partial charge on any atom is 0.211 e. The maximum atomic E-state index is 11.5. The quantitative estimate of drug-likeness (QED) is 0.760. The van der Waals surface area contributed by atoms with Gasteiger partial charge in [0.05, 0.1) is 11.8 Å². The van der Waals surface area contributed by atoms with Crippen molar-refractivity contribution in [3.05, 3.63) is 42.6 Å². The van der Waals surface area contributed by atoms with Gasteiger partial charge in [-0.05, 0) is 18.2 Å². The summed E-state index contributed by atoms with van der Waals surface area (Å²) in [5, 5.41) is 8.54. The summed E-state index contributed by atoms with van der Waals surface area (Å²) in [6.07, 6.45) is 3.13. The van der Waals surface area contributed by atoms with Gasteiger partial charge in [0.25, 0.3) is 0 Å². The molecule has 134 valence electrons. The third kappa shape index (κ3) is 2.40. The lowest BCUT2D eigenvalue weighted by Gasteiger charge is -2.59. The first kappa shape index (κ1) is 15.8. The van der Waals surface area contributed by atoms with Crippen molar-refractivity contribution >= 4 is 26.7 Å². The van der Waals surface area contributed by atoms with E-state index in [1.807, 2.05) is 42.6 Å². The lowest BCUT2D eigenvalue weighted by atomic mass is 9.74. The van der Waals surface area contributed by atoms with E-state index in [0.29, 0.717) is 13.1 Å². The Labute approximate surface area is 151 Å². The molecule has 1 spiro atoms. The average Bonchev–Trinajstić information content (AvgIpc) is 2.96. The molecular formula is C18H19N5O2S. The fourth-order valence-electron chi connectivity index (χ4n) is 3.96. The molecule has 2 saturated heterocycles. The number of rotatable bonds is 3. The molecule has 4 heterocycles. The highest BCUT2D eigenvalue weighted by atomic mass is 32.2. The van der Waals surface area contributed by atoms with Gasteiger partial charge in [0.2, 0.25) is 10.0 Å². The van der Waals surface area contributed by atoms with Crippen molar-refractivity contribution in [1.82, 2.24) is 19.5 Å². The maximum absolute atomic E-state index is 11.5. The Morgan fingerprint density at radius 1 is 1.08 bits per heavy atom. The van der Waals surface area contributed by atoms with Crippen LogP contribution in [0.4, 0.5) is 5.82 Å². The molecule has 1 aromatic carbocycles. The molecule has 8 heteroatoms. The zero-order chi connectivity index (χ0) is 17.9. The molecule has 2 aliphatic heterocycles. The number of aromatic amines is 1. The predicted molar refractivity (Wildman–Crippen MR) is 100 cm³/mol. The molecule has 1 N–H and O–H groups in total. The summed E-state index contributed by atoms with van der Waals surface area (Å²) in [7, 11) is -3.05. The van der Waals surface area contributed by atoms with Crippen LogP contribution < -0.4 is 4.90 Å². The summed E-state index contributed by atoms with van der Waals surface area (Å²) in [6, 6.07) is 12.1. The van der Waals surface area contributed by atoms with E-state index in [4.69, 9.17) is 0 Å². The fraction of sp³-hybridized carbons (Fsp3) is 0.333. The number of anilines is 1. The molecule has 5 rings (SSSR count). The number of H-pyrrole nitrogens is 1. The van der Waals surface area contributed by atoms with Gasteiger partial charge in [-0.25, -0.2) is 17.7 Å². The highest BCUT2D eigenvalue weighted by molar-refractivity contribution is 7.88. The van der Waals surface area contributed by atoms with E-state index in [1.165, 1.54) is 6.26 Å². The number of hydrogen-bond acceptors (Lipinski definition) is 5. The van der Waals surface area contributed by atoms with Crippen LogP contribution in [0.1, 0.15) is 0 Å². The number of sulfonamides is 1. The van der Waals surface area contributed by atoms with Crippen molar-refractivity contribution in [1.29, 1.82) is 0 Å². The second kappa shape index (κ2) is 5.28. The SMILES string of the molecule is CS(=O)(=O)N1CC2(CN(c3ccc(-c4n[nH]c5ccccc45)cn3)C2)C1. The van der Waals surface area contributed by atoms with Crippen molar-refractivity contribution in [3.63, 3.8) is 0 Å². The second-order valence-electron chi connectivity index (χ2n) is 7.41. The van der Waals surface area contributed by atoms with Gasteiger partial charge in [0.15, 0.2) is 0 Å². The van der Waals surface area contributed by atoms with E-state index in [-0.39, 0.29) is 5.41 Å². The van der Waals surface area contributed by atoms with E-state index in [9.17, 15) is 8.42 Å². The summed E-state index contributed by atoms with van der Waals surface area (Å²) in [6.45, 7) is 2.97. The number of para-hydroxylation sites is 1. The van der Waals surface area contributed by atoms with Crippen LogP contribution in [0, 0.1) is 5.41 Å². The van der Waals surface area contributed by atoms with Crippen LogP contribution >= 0.6 is 0 Å². The van der Waals surface area contributed by atoms with Gasteiger partial charge in [-0.1, -0.05) is 18.2 Å². The second-order valence-corrected chi connectivity index (χ2v) is 9.39. The minimum Gasteiger partial charge on any atom is -0.355 e. The Balaban J connectivity index is 1.30. The van der Waals surface area contributed by atoms with Crippen LogP contribution in [0.25, 0.3) is 22.2 Å². The molecule has 0 amide bonds. The minimum absolute atomic E-state index is 0.113. The highest BCUT2D eigenvalue weighted by Crippen LogP contribution is 2.42. The summed E-state index contributed by atoms with van der Waals surface area (Å²) < 4.78 is 24.6. The van der Waals surface area contributed by atoms with E-state index >= 15 is 0 Å². The first-order valence-electron chi connectivity index (χ1n) is 8.53. The van der Waals surface area contributed by atoms with Crippen LogP contribution in [0.15, 0.2) is 42.6 Å². The molecule has 0 atom stereocenters. The van der Waals surface area contributed by atoms with Gasteiger partial charge in [-0.2, -0.15) is 5.10 Å². The monoisotopic (exact) mass is 369 g/mol. The third-order valence-electron chi connectivity index (χ3n) is 5.36. The molecule has 3 aromatic rings. The summed E-state index contributed by atoms with van der Waals surface area (Å²) in [5.41, 5.74) is 3.01. The highest BCUT2D eigenvalue weighted by Gasteiger charge is 2.54. The summed E-state index contributed by atoms with van der Waals surface area (Å²) in [4.78, 5) is 6.80. The zero-order valence-corrected chi connectivity index (χ0v) is 15.2. The number of nitrogens with one attached hydrogen (secondary N) is 1. The van der Waals surface area contributed by atoms with E-state index < -0.39 is 10.0 Å². The predicted octanol–water partition coefficient (Wildman–Crippen LogP) is 1.71. The molecular weight excluding hydrogens is 350 g/mol. The molecule has 26 heavy (non-hydrogen) atoms. The fourth-order valence-corrected chi connectivity index (χ4v) is 4.98. The zero-order valence-electron chi connectivity index (χ0n) is 14.4. The molecule has 2 aliphatic rings. The summed E-state index contributed by atoms with van der Waals surface area (Å²) >= 11 is 0. The van der Waals surface area contributed by atoms with Gasteiger partial charge < -0.3 is 4.90 Å². The first-order valence-corrected chi connectivity index (χ1v) is 10.4. The number of aromatic nitrogens is 3. The van der Waals surface area contributed by atoms with Crippen LogP contribution in [-0.4, -0.2) is 60.3 Å². The van der Waals surface area contributed by atoms with Crippen LogP contribution in [0.2, 0.25) is 0 Å². The molecule has 0 saturated carbocycles. The molecule has 0 unspecified atom stereocenters. The van der Waals surface area contributed by atoms with Gasteiger partial charge in [-0.15, -0.1) is 0 Å². The Hall–Kier alpha value is -2.45. The number of fused-ring (bicyclic) bond motifs is 1. The van der Waals surface area contributed by atoms with E-state index in [2.05, 4.69) is 20.1 Å². The standard InChI is InChI=1S/C18H19N5O2S/c1-26(24,25)23-11-18(12-23)9-22(10-18)16-7-6-13(8-19-16)17-14-4-2-3-5-15(14)20-21-17/h2-8H,9-12H2,1H3,(H,20,21). The minimum atomic E-state index is -3.05. The first-order chi connectivity index (χ1) is 12.4. The third-order valence-corrected chi connectivity index (χ3v) is 6.56. The van der Waals surface area contributed by atoms with E-state index in [0.717, 1.165) is 41.1 Å². The molecule has 7 nitrogen and oxygen atoms in total. The van der Waals surface area contributed by atoms with Crippen LogP contribution in [0.3, 0.4) is 0 Å². The molecule has 2 aromatic heterocycles. The average molecular weight is 369 g/mol. The lowest BCUT2D eigenvalue weighted by Crippen LogP contribution is -2.73. The molecule has 0 bridgehead atoms. The Morgan fingerprint density at radius 3 is 2.54 bits per heavy atom. The van der Waals surface area contributed by atoms with Gasteiger partial charge >= 0.3 is 0 Å². The van der Waals surface area contributed by atoms with Crippen molar-refractivity contribution in [2.75, 3.05) is 37.3 Å².